The summed E-state index contributed by atoms with van der Waals surface area (Å²) in [5, 5.41) is 4.55. The first-order valence-electron chi connectivity index (χ1n) is 4.82. The van der Waals surface area contributed by atoms with Crippen molar-refractivity contribution in [3.05, 3.63) is 18.0 Å². The molecule has 2 heteroatoms. The molecule has 1 fully saturated rings. The van der Waals surface area contributed by atoms with E-state index in [9.17, 15) is 0 Å². The lowest BCUT2D eigenvalue weighted by Gasteiger charge is -2.25. The highest BCUT2D eigenvalue weighted by Gasteiger charge is 2.20. The van der Waals surface area contributed by atoms with E-state index in [1.807, 2.05) is 0 Å². The van der Waals surface area contributed by atoms with E-state index in [1.165, 1.54) is 25.0 Å². The average Bonchev–Trinajstić information content (AvgIpc) is 2.32. The fraction of sp³-hybridized carbons (Fsp3) is 0.700. The van der Waals surface area contributed by atoms with E-state index in [2.05, 4.69) is 35.9 Å². The fourth-order valence-electron chi connectivity index (χ4n) is 1.52. The van der Waals surface area contributed by atoms with Crippen LogP contribution >= 0.6 is 0 Å². The van der Waals surface area contributed by atoms with E-state index in [1.54, 1.807) is 0 Å². The molecule has 0 aromatic carbocycles. The molecule has 0 bridgehead atoms. The zero-order valence-electron chi connectivity index (χ0n) is 7.83. The molecule has 2 nitrogen and oxygen atoms in total. The van der Waals surface area contributed by atoms with Crippen molar-refractivity contribution in [1.82, 2.24) is 9.78 Å². The summed E-state index contributed by atoms with van der Waals surface area (Å²) in [6.07, 6.45) is 6.14. The molecular weight excluding hydrogens is 148 g/mol. The van der Waals surface area contributed by atoms with Gasteiger partial charge in [0.1, 0.15) is 0 Å². The van der Waals surface area contributed by atoms with Gasteiger partial charge in [0.15, 0.2) is 0 Å². The first kappa shape index (κ1) is 7.84. The standard InChI is InChI=1S/C10H16N2/c1-8(2)10-6-7-12(11-10)9-4-3-5-9/h6-9H,3-5H2,1-2H3. The molecule has 0 atom stereocenters. The molecule has 1 heterocycles. The molecule has 66 valence electrons. The van der Waals surface area contributed by atoms with Gasteiger partial charge in [-0.3, -0.25) is 4.68 Å². The minimum absolute atomic E-state index is 0.561. The van der Waals surface area contributed by atoms with Crippen LogP contribution in [0.5, 0.6) is 0 Å². The second-order valence-corrected chi connectivity index (χ2v) is 3.96. The van der Waals surface area contributed by atoms with Gasteiger partial charge >= 0.3 is 0 Å². The number of aromatic nitrogens is 2. The van der Waals surface area contributed by atoms with Gasteiger partial charge in [0.25, 0.3) is 0 Å². The molecule has 0 unspecified atom stereocenters. The third-order valence-electron chi connectivity index (χ3n) is 2.67. The van der Waals surface area contributed by atoms with Crippen molar-refractivity contribution < 1.29 is 0 Å². The van der Waals surface area contributed by atoms with Gasteiger partial charge in [-0.15, -0.1) is 0 Å². The maximum Gasteiger partial charge on any atom is 0.0650 e. The molecule has 2 rings (SSSR count). The van der Waals surface area contributed by atoms with E-state index >= 15 is 0 Å². The number of hydrogen-bond acceptors (Lipinski definition) is 1. The second-order valence-electron chi connectivity index (χ2n) is 3.96. The molecular formula is C10H16N2. The zero-order chi connectivity index (χ0) is 8.55. The van der Waals surface area contributed by atoms with E-state index in [0.717, 1.165) is 0 Å². The molecule has 0 saturated heterocycles. The highest BCUT2D eigenvalue weighted by molar-refractivity contribution is 5.04. The first-order valence-corrected chi connectivity index (χ1v) is 4.82. The molecule has 1 aliphatic carbocycles. The van der Waals surface area contributed by atoms with E-state index < -0.39 is 0 Å². The van der Waals surface area contributed by atoms with Gasteiger partial charge in [-0.2, -0.15) is 5.10 Å². The van der Waals surface area contributed by atoms with Crippen molar-refractivity contribution in [2.24, 2.45) is 0 Å². The van der Waals surface area contributed by atoms with Gasteiger partial charge in [0.05, 0.1) is 11.7 Å². The maximum absolute atomic E-state index is 4.55. The maximum atomic E-state index is 4.55. The predicted octanol–water partition coefficient (Wildman–Crippen LogP) is 2.73. The van der Waals surface area contributed by atoms with Crippen LogP contribution in [0.4, 0.5) is 0 Å². The second kappa shape index (κ2) is 2.92. The average molecular weight is 164 g/mol. The zero-order valence-corrected chi connectivity index (χ0v) is 7.83. The lowest BCUT2D eigenvalue weighted by Crippen LogP contribution is -2.17. The number of nitrogens with zero attached hydrogens (tertiary/aromatic N) is 2. The van der Waals surface area contributed by atoms with Crippen LogP contribution in [-0.2, 0) is 0 Å². The molecule has 0 amide bonds. The Balaban J connectivity index is 2.12. The molecule has 1 aromatic rings. The molecule has 12 heavy (non-hydrogen) atoms. The molecule has 0 radical (unpaired) electrons. The topological polar surface area (TPSA) is 17.8 Å². The smallest absolute Gasteiger partial charge is 0.0650 e. The normalized spacial score (nSPS) is 18.2. The Kier molecular flexibility index (Phi) is 1.91. The van der Waals surface area contributed by atoms with E-state index in [0.29, 0.717) is 12.0 Å². The third kappa shape index (κ3) is 1.26. The Labute approximate surface area is 73.6 Å². The van der Waals surface area contributed by atoms with Crippen LogP contribution in [0.1, 0.15) is 50.8 Å². The SMILES string of the molecule is CC(C)c1ccn(C2CCC2)n1. The van der Waals surface area contributed by atoms with Gasteiger partial charge in [-0.25, -0.2) is 0 Å². The highest BCUT2D eigenvalue weighted by Crippen LogP contribution is 2.31. The molecule has 1 aromatic heterocycles. The van der Waals surface area contributed by atoms with Crippen molar-refractivity contribution in [1.29, 1.82) is 0 Å². The lowest BCUT2D eigenvalue weighted by molar-refractivity contribution is 0.287. The van der Waals surface area contributed by atoms with Crippen LogP contribution in [0.2, 0.25) is 0 Å². The van der Waals surface area contributed by atoms with Crippen LogP contribution in [0.15, 0.2) is 12.3 Å². The number of rotatable bonds is 2. The Bertz CT molecular complexity index is 259. The van der Waals surface area contributed by atoms with Gasteiger partial charge in [0, 0.05) is 6.20 Å². The summed E-state index contributed by atoms with van der Waals surface area (Å²) in [6.45, 7) is 4.38. The Morgan fingerprint density at radius 2 is 2.25 bits per heavy atom. The fourth-order valence-corrected chi connectivity index (χ4v) is 1.52. The minimum atomic E-state index is 0.561. The molecule has 1 saturated carbocycles. The molecule has 0 aliphatic heterocycles. The lowest BCUT2D eigenvalue weighted by atomic mass is 9.93. The molecule has 1 aliphatic rings. The summed E-state index contributed by atoms with van der Waals surface area (Å²) in [5.74, 6) is 0.561. The van der Waals surface area contributed by atoms with E-state index in [4.69, 9.17) is 0 Å². The minimum Gasteiger partial charge on any atom is -0.269 e. The Morgan fingerprint density at radius 3 is 2.67 bits per heavy atom. The quantitative estimate of drug-likeness (QED) is 0.657. The van der Waals surface area contributed by atoms with Gasteiger partial charge in [-0.1, -0.05) is 13.8 Å². The van der Waals surface area contributed by atoms with Crippen molar-refractivity contribution >= 4 is 0 Å². The first-order chi connectivity index (χ1) is 5.77. The highest BCUT2D eigenvalue weighted by atomic mass is 15.3. The van der Waals surface area contributed by atoms with Crippen molar-refractivity contribution in [2.75, 3.05) is 0 Å². The van der Waals surface area contributed by atoms with Gasteiger partial charge in [0.2, 0.25) is 0 Å². The monoisotopic (exact) mass is 164 g/mol. The summed E-state index contributed by atoms with van der Waals surface area (Å²) in [4.78, 5) is 0. The summed E-state index contributed by atoms with van der Waals surface area (Å²) in [5.41, 5.74) is 1.22. The van der Waals surface area contributed by atoms with Crippen LogP contribution in [0.25, 0.3) is 0 Å². The summed E-state index contributed by atoms with van der Waals surface area (Å²) in [6, 6.07) is 2.85. The van der Waals surface area contributed by atoms with E-state index in [-0.39, 0.29) is 0 Å². The third-order valence-corrected chi connectivity index (χ3v) is 2.67. The van der Waals surface area contributed by atoms with Crippen LogP contribution < -0.4 is 0 Å². The van der Waals surface area contributed by atoms with Gasteiger partial charge in [-0.05, 0) is 31.2 Å². The molecule has 0 spiro atoms. The van der Waals surface area contributed by atoms with Crippen molar-refractivity contribution in [3.8, 4) is 0 Å². The molecule has 0 N–H and O–H groups in total. The van der Waals surface area contributed by atoms with Crippen LogP contribution in [-0.4, -0.2) is 9.78 Å². The largest absolute Gasteiger partial charge is 0.269 e. The predicted molar refractivity (Wildman–Crippen MR) is 49.2 cm³/mol. The Hall–Kier alpha value is -0.790. The van der Waals surface area contributed by atoms with Crippen molar-refractivity contribution in [3.63, 3.8) is 0 Å². The summed E-state index contributed by atoms with van der Waals surface area (Å²) in [7, 11) is 0. The Morgan fingerprint density at radius 1 is 1.50 bits per heavy atom. The summed E-state index contributed by atoms with van der Waals surface area (Å²) >= 11 is 0. The van der Waals surface area contributed by atoms with Crippen molar-refractivity contribution in [2.45, 2.75) is 45.1 Å². The van der Waals surface area contributed by atoms with Gasteiger partial charge < -0.3 is 0 Å². The number of hydrogen-bond donors (Lipinski definition) is 0. The summed E-state index contributed by atoms with van der Waals surface area (Å²) < 4.78 is 2.14. The van der Waals surface area contributed by atoms with Crippen LogP contribution in [0, 0.1) is 0 Å². The van der Waals surface area contributed by atoms with Crippen LogP contribution in [0.3, 0.4) is 0 Å².